The third-order valence-corrected chi connectivity index (χ3v) is 2.06. The highest BCUT2D eigenvalue weighted by molar-refractivity contribution is 5.50. The molecule has 0 aliphatic rings. The summed E-state index contributed by atoms with van der Waals surface area (Å²) >= 11 is 0. The number of hydrogen-bond donors (Lipinski definition) is 1. The van der Waals surface area contributed by atoms with Gasteiger partial charge in [0.1, 0.15) is 0 Å². The van der Waals surface area contributed by atoms with Crippen LogP contribution in [0.4, 0.5) is 5.69 Å². The molecule has 0 spiro atoms. The van der Waals surface area contributed by atoms with Gasteiger partial charge in [-0.05, 0) is 24.5 Å². The first-order valence-corrected chi connectivity index (χ1v) is 4.81. The first-order valence-electron chi connectivity index (χ1n) is 4.81. The van der Waals surface area contributed by atoms with E-state index in [1.807, 2.05) is 6.08 Å². The Bertz CT molecular complexity index is 266. The van der Waals surface area contributed by atoms with Gasteiger partial charge in [0.15, 0.2) is 0 Å². The van der Waals surface area contributed by atoms with Crippen molar-refractivity contribution in [1.82, 2.24) is 0 Å². The van der Waals surface area contributed by atoms with Gasteiger partial charge in [0, 0.05) is 12.2 Å². The zero-order valence-electron chi connectivity index (χ0n) is 8.22. The minimum Gasteiger partial charge on any atom is -0.385 e. The minimum absolute atomic E-state index is 0.973. The van der Waals surface area contributed by atoms with E-state index in [1.165, 1.54) is 11.3 Å². The van der Waals surface area contributed by atoms with Crippen molar-refractivity contribution in [2.75, 3.05) is 11.9 Å². The summed E-state index contributed by atoms with van der Waals surface area (Å²) in [6.07, 6.45) is 4.02. The summed E-state index contributed by atoms with van der Waals surface area (Å²) in [6.45, 7) is 6.84. The second-order valence-electron chi connectivity index (χ2n) is 3.01. The van der Waals surface area contributed by atoms with Crippen LogP contribution >= 0.6 is 0 Å². The predicted molar refractivity (Wildman–Crippen MR) is 59.1 cm³/mol. The molecule has 0 aromatic heterocycles. The SMILES string of the molecule is C=CCCNc1ccccc1CC. The molecular weight excluding hydrogens is 158 g/mol. The fraction of sp³-hybridized carbons (Fsp3) is 0.333. The molecule has 0 aliphatic heterocycles. The Balaban J connectivity index is 2.58. The van der Waals surface area contributed by atoms with Crippen molar-refractivity contribution in [2.24, 2.45) is 0 Å². The Hall–Kier alpha value is -1.24. The second-order valence-corrected chi connectivity index (χ2v) is 3.01. The molecule has 1 heteroatoms. The summed E-state index contributed by atoms with van der Waals surface area (Å²) in [5.74, 6) is 0. The molecule has 0 bridgehead atoms. The van der Waals surface area contributed by atoms with Gasteiger partial charge in [0.05, 0.1) is 0 Å². The average Bonchev–Trinajstić information content (AvgIpc) is 2.19. The molecule has 0 aliphatic carbocycles. The molecule has 0 atom stereocenters. The van der Waals surface area contributed by atoms with Crippen molar-refractivity contribution >= 4 is 5.69 Å². The number of para-hydroxylation sites is 1. The number of anilines is 1. The van der Waals surface area contributed by atoms with Gasteiger partial charge >= 0.3 is 0 Å². The predicted octanol–water partition coefficient (Wildman–Crippen LogP) is 3.24. The first kappa shape index (κ1) is 9.85. The van der Waals surface area contributed by atoms with Crippen LogP contribution in [0.1, 0.15) is 18.9 Å². The van der Waals surface area contributed by atoms with Gasteiger partial charge in [-0.15, -0.1) is 6.58 Å². The maximum atomic E-state index is 3.69. The molecule has 1 nitrogen and oxygen atoms in total. The molecule has 0 unspecified atom stereocenters. The first-order chi connectivity index (χ1) is 6.38. The Labute approximate surface area is 80.5 Å². The largest absolute Gasteiger partial charge is 0.385 e. The van der Waals surface area contributed by atoms with Crippen molar-refractivity contribution in [3.05, 3.63) is 42.5 Å². The van der Waals surface area contributed by atoms with Crippen LogP contribution in [0.5, 0.6) is 0 Å². The van der Waals surface area contributed by atoms with E-state index in [0.717, 1.165) is 19.4 Å². The minimum atomic E-state index is 0.973. The van der Waals surface area contributed by atoms with Crippen LogP contribution in [0.25, 0.3) is 0 Å². The van der Waals surface area contributed by atoms with E-state index >= 15 is 0 Å². The Morgan fingerprint density at radius 3 is 2.85 bits per heavy atom. The van der Waals surface area contributed by atoms with Crippen molar-refractivity contribution in [3.63, 3.8) is 0 Å². The van der Waals surface area contributed by atoms with Gasteiger partial charge in [-0.3, -0.25) is 0 Å². The third kappa shape index (κ3) is 2.94. The van der Waals surface area contributed by atoms with E-state index in [-0.39, 0.29) is 0 Å². The fourth-order valence-corrected chi connectivity index (χ4v) is 1.31. The van der Waals surface area contributed by atoms with Gasteiger partial charge in [-0.1, -0.05) is 31.2 Å². The summed E-state index contributed by atoms with van der Waals surface area (Å²) in [7, 11) is 0. The molecule has 0 saturated carbocycles. The van der Waals surface area contributed by atoms with Crippen LogP contribution in [-0.2, 0) is 6.42 Å². The van der Waals surface area contributed by atoms with Gasteiger partial charge in [-0.25, -0.2) is 0 Å². The monoisotopic (exact) mass is 175 g/mol. The second kappa shape index (κ2) is 5.41. The maximum absolute atomic E-state index is 3.69. The summed E-state index contributed by atoms with van der Waals surface area (Å²) in [5, 5.41) is 3.39. The van der Waals surface area contributed by atoms with Crippen molar-refractivity contribution < 1.29 is 0 Å². The van der Waals surface area contributed by atoms with Crippen molar-refractivity contribution in [1.29, 1.82) is 0 Å². The zero-order chi connectivity index (χ0) is 9.52. The quantitative estimate of drug-likeness (QED) is 0.535. The highest BCUT2D eigenvalue weighted by Crippen LogP contribution is 2.14. The maximum Gasteiger partial charge on any atom is 0.0372 e. The van der Waals surface area contributed by atoms with E-state index in [0.29, 0.717) is 0 Å². The van der Waals surface area contributed by atoms with Crippen molar-refractivity contribution in [3.8, 4) is 0 Å². The van der Waals surface area contributed by atoms with E-state index in [9.17, 15) is 0 Å². The van der Waals surface area contributed by atoms with Crippen LogP contribution in [0, 0.1) is 0 Å². The normalized spacial score (nSPS) is 9.62. The smallest absolute Gasteiger partial charge is 0.0372 e. The molecule has 70 valence electrons. The van der Waals surface area contributed by atoms with Crippen LogP contribution in [-0.4, -0.2) is 6.54 Å². The molecule has 0 amide bonds. The lowest BCUT2D eigenvalue weighted by molar-refractivity contribution is 1.05. The topological polar surface area (TPSA) is 12.0 Å². The highest BCUT2D eigenvalue weighted by Gasteiger charge is 1.96. The summed E-state index contributed by atoms with van der Waals surface area (Å²) in [6, 6.07) is 8.44. The van der Waals surface area contributed by atoms with E-state index in [2.05, 4.69) is 43.1 Å². The van der Waals surface area contributed by atoms with Crippen molar-refractivity contribution in [2.45, 2.75) is 19.8 Å². The number of hydrogen-bond acceptors (Lipinski definition) is 1. The standard InChI is InChI=1S/C12H17N/c1-3-5-10-13-12-9-7-6-8-11(12)4-2/h3,6-9,13H,1,4-5,10H2,2H3. The molecule has 1 N–H and O–H groups in total. The summed E-state index contributed by atoms with van der Waals surface area (Å²) < 4.78 is 0. The third-order valence-electron chi connectivity index (χ3n) is 2.06. The van der Waals surface area contributed by atoms with Crippen LogP contribution in [0.3, 0.4) is 0 Å². The Morgan fingerprint density at radius 1 is 1.38 bits per heavy atom. The van der Waals surface area contributed by atoms with Gasteiger partial charge in [0.25, 0.3) is 0 Å². The van der Waals surface area contributed by atoms with Crippen LogP contribution < -0.4 is 5.32 Å². The molecule has 0 saturated heterocycles. The molecule has 0 radical (unpaired) electrons. The van der Waals surface area contributed by atoms with E-state index in [4.69, 9.17) is 0 Å². The lowest BCUT2D eigenvalue weighted by atomic mass is 10.1. The molecular formula is C12H17N. The van der Waals surface area contributed by atoms with Gasteiger partial charge < -0.3 is 5.32 Å². The summed E-state index contributed by atoms with van der Waals surface area (Å²) in [4.78, 5) is 0. The van der Waals surface area contributed by atoms with Crippen LogP contribution in [0.15, 0.2) is 36.9 Å². The lowest BCUT2D eigenvalue weighted by Crippen LogP contribution is -2.02. The van der Waals surface area contributed by atoms with E-state index < -0.39 is 0 Å². The van der Waals surface area contributed by atoms with E-state index in [1.54, 1.807) is 0 Å². The molecule has 1 aromatic carbocycles. The Kier molecular flexibility index (Phi) is 4.10. The fourth-order valence-electron chi connectivity index (χ4n) is 1.31. The average molecular weight is 175 g/mol. The number of benzene rings is 1. The van der Waals surface area contributed by atoms with Crippen LogP contribution in [0.2, 0.25) is 0 Å². The van der Waals surface area contributed by atoms with Gasteiger partial charge in [0.2, 0.25) is 0 Å². The molecule has 0 fully saturated rings. The molecule has 1 aromatic rings. The van der Waals surface area contributed by atoms with Gasteiger partial charge in [-0.2, -0.15) is 0 Å². The molecule has 0 heterocycles. The zero-order valence-corrected chi connectivity index (χ0v) is 8.22. The number of nitrogens with one attached hydrogen (secondary N) is 1. The molecule has 1 rings (SSSR count). The Morgan fingerprint density at radius 2 is 2.15 bits per heavy atom. The number of rotatable bonds is 5. The molecule has 13 heavy (non-hydrogen) atoms. The highest BCUT2D eigenvalue weighted by atomic mass is 14.9. The summed E-state index contributed by atoms with van der Waals surface area (Å²) in [5.41, 5.74) is 2.64. The number of aryl methyl sites for hydroxylation is 1. The lowest BCUT2D eigenvalue weighted by Gasteiger charge is -2.09.